The zero-order chi connectivity index (χ0) is 14.5. The number of carbonyl (C=O) groups is 1. The molecule has 0 bridgehead atoms. The van der Waals surface area contributed by atoms with Gasteiger partial charge in [-0.2, -0.15) is 0 Å². The van der Waals surface area contributed by atoms with Crippen molar-refractivity contribution < 1.29 is 4.79 Å². The molecule has 20 heavy (non-hydrogen) atoms. The fraction of sp³-hybridized carbons (Fsp3) is 0.125. The SMILES string of the molecule is CN(C)/C=C(/C(=O)c1ccc(Cl)cc1)c1ccncc1. The van der Waals surface area contributed by atoms with Crippen molar-refractivity contribution in [3.8, 4) is 0 Å². The summed E-state index contributed by atoms with van der Waals surface area (Å²) in [5.41, 5.74) is 2.08. The third kappa shape index (κ3) is 3.45. The van der Waals surface area contributed by atoms with Crippen molar-refractivity contribution >= 4 is 23.0 Å². The van der Waals surface area contributed by atoms with Gasteiger partial charge in [-0.15, -0.1) is 0 Å². The van der Waals surface area contributed by atoms with E-state index >= 15 is 0 Å². The quantitative estimate of drug-likeness (QED) is 0.637. The largest absolute Gasteiger partial charge is 0.383 e. The van der Waals surface area contributed by atoms with Gasteiger partial charge in [-0.05, 0) is 42.0 Å². The van der Waals surface area contributed by atoms with Gasteiger partial charge in [-0.25, -0.2) is 0 Å². The zero-order valence-corrected chi connectivity index (χ0v) is 12.1. The number of rotatable bonds is 4. The summed E-state index contributed by atoms with van der Waals surface area (Å²) in [4.78, 5) is 18.5. The summed E-state index contributed by atoms with van der Waals surface area (Å²) in [5, 5.41) is 0.614. The number of hydrogen-bond acceptors (Lipinski definition) is 3. The van der Waals surface area contributed by atoms with Crippen LogP contribution in [0.3, 0.4) is 0 Å². The number of ketones is 1. The van der Waals surface area contributed by atoms with E-state index in [-0.39, 0.29) is 5.78 Å². The van der Waals surface area contributed by atoms with E-state index in [0.717, 1.165) is 5.56 Å². The van der Waals surface area contributed by atoms with Crippen molar-refractivity contribution in [3.05, 3.63) is 71.1 Å². The van der Waals surface area contributed by atoms with Crippen LogP contribution in [-0.4, -0.2) is 29.8 Å². The first kappa shape index (κ1) is 14.3. The van der Waals surface area contributed by atoms with E-state index in [0.29, 0.717) is 16.2 Å². The van der Waals surface area contributed by atoms with Crippen molar-refractivity contribution in [2.45, 2.75) is 0 Å². The molecule has 0 aliphatic carbocycles. The number of allylic oxidation sites excluding steroid dienone is 1. The second-order valence-corrected chi connectivity index (χ2v) is 5.01. The van der Waals surface area contributed by atoms with Gasteiger partial charge in [0.15, 0.2) is 5.78 Å². The fourth-order valence-electron chi connectivity index (χ4n) is 1.81. The van der Waals surface area contributed by atoms with Crippen LogP contribution in [0.1, 0.15) is 15.9 Å². The molecule has 102 valence electrons. The Morgan fingerprint density at radius 1 is 1.05 bits per heavy atom. The van der Waals surface area contributed by atoms with Crippen LogP contribution in [-0.2, 0) is 0 Å². The van der Waals surface area contributed by atoms with Crippen LogP contribution in [0.4, 0.5) is 0 Å². The maximum absolute atomic E-state index is 12.6. The normalized spacial score (nSPS) is 11.2. The number of halogens is 1. The first-order chi connectivity index (χ1) is 9.58. The molecule has 0 saturated heterocycles. The molecule has 0 unspecified atom stereocenters. The number of nitrogens with zero attached hydrogens (tertiary/aromatic N) is 2. The summed E-state index contributed by atoms with van der Waals surface area (Å²) in [6.45, 7) is 0. The summed E-state index contributed by atoms with van der Waals surface area (Å²) < 4.78 is 0. The number of carbonyl (C=O) groups excluding carboxylic acids is 1. The summed E-state index contributed by atoms with van der Waals surface area (Å²) >= 11 is 5.85. The Labute approximate surface area is 123 Å². The van der Waals surface area contributed by atoms with Crippen molar-refractivity contribution in [1.29, 1.82) is 0 Å². The molecule has 3 nitrogen and oxygen atoms in total. The molecule has 2 rings (SSSR count). The van der Waals surface area contributed by atoms with Crippen LogP contribution in [0.2, 0.25) is 5.02 Å². The van der Waals surface area contributed by atoms with E-state index in [2.05, 4.69) is 4.98 Å². The van der Waals surface area contributed by atoms with Crippen molar-refractivity contribution in [1.82, 2.24) is 9.88 Å². The molecule has 1 heterocycles. The summed E-state index contributed by atoms with van der Waals surface area (Å²) in [7, 11) is 3.77. The number of Topliss-reactive ketones (excluding diaryl/α,β-unsaturated/α-hetero) is 1. The van der Waals surface area contributed by atoms with E-state index in [1.54, 1.807) is 36.7 Å². The highest BCUT2D eigenvalue weighted by Crippen LogP contribution is 2.21. The van der Waals surface area contributed by atoms with Crippen molar-refractivity contribution in [2.75, 3.05) is 14.1 Å². The predicted molar refractivity (Wildman–Crippen MR) is 81.7 cm³/mol. The number of hydrogen-bond donors (Lipinski definition) is 0. The van der Waals surface area contributed by atoms with Gasteiger partial charge in [0.2, 0.25) is 0 Å². The lowest BCUT2D eigenvalue weighted by Crippen LogP contribution is -2.09. The van der Waals surface area contributed by atoms with Crippen molar-refractivity contribution in [3.63, 3.8) is 0 Å². The topological polar surface area (TPSA) is 33.2 Å². The lowest BCUT2D eigenvalue weighted by Gasteiger charge is -2.11. The van der Waals surface area contributed by atoms with Gasteiger partial charge in [0.05, 0.1) is 0 Å². The Hall–Kier alpha value is -2.13. The number of aromatic nitrogens is 1. The third-order valence-corrected chi connectivity index (χ3v) is 2.98. The highest BCUT2D eigenvalue weighted by Gasteiger charge is 2.14. The zero-order valence-electron chi connectivity index (χ0n) is 11.4. The van der Waals surface area contributed by atoms with Crippen LogP contribution in [0.25, 0.3) is 5.57 Å². The Kier molecular flexibility index (Phi) is 4.53. The van der Waals surface area contributed by atoms with Crippen LogP contribution in [0.5, 0.6) is 0 Å². The highest BCUT2D eigenvalue weighted by atomic mass is 35.5. The molecule has 0 radical (unpaired) electrons. The predicted octanol–water partition coefficient (Wildman–Crippen LogP) is 3.52. The van der Waals surface area contributed by atoms with Gasteiger partial charge in [0.1, 0.15) is 0 Å². The molecule has 0 amide bonds. The van der Waals surface area contributed by atoms with Gasteiger partial charge in [0, 0.05) is 48.8 Å². The standard InChI is InChI=1S/C16H15ClN2O/c1-19(2)11-15(12-7-9-18-10-8-12)16(20)13-3-5-14(17)6-4-13/h3-11H,1-2H3/b15-11+. The van der Waals surface area contributed by atoms with Crippen LogP contribution >= 0.6 is 11.6 Å². The smallest absolute Gasteiger partial charge is 0.195 e. The van der Waals surface area contributed by atoms with Gasteiger partial charge in [-0.1, -0.05) is 11.6 Å². The highest BCUT2D eigenvalue weighted by molar-refractivity contribution is 6.31. The van der Waals surface area contributed by atoms with E-state index in [1.807, 2.05) is 37.3 Å². The molecule has 0 saturated carbocycles. The summed E-state index contributed by atoms with van der Waals surface area (Å²) in [5.74, 6) is -0.0402. The first-order valence-electron chi connectivity index (χ1n) is 6.17. The molecule has 2 aromatic rings. The second kappa shape index (κ2) is 6.35. The molecule has 0 aliphatic heterocycles. The first-order valence-corrected chi connectivity index (χ1v) is 6.54. The molecule has 1 aromatic carbocycles. The third-order valence-electron chi connectivity index (χ3n) is 2.73. The molecule has 0 aliphatic rings. The number of benzene rings is 1. The maximum Gasteiger partial charge on any atom is 0.195 e. The van der Waals surface area contributed by atoms with Crippen molar-refractivity contribution in [2.24, 2.45) is 0 Å². The Bertz CT molecular complexity index is 619. The minimum Gasteiger partial charge on any atom is -0.383 e. The Morgan fingerprint density at radius 2 is 1.65 bits per heavy atom. The van der Waals surface area contributed by atoms with Crippen LogP contribution in [0, 0.1) is 0 Å². The summed E-state index contributed by atoms with van der Waals surface area (Å²) in [6.07, 6.45) is 5.16. The van der Waals surface area contributed by atoms with E-state index < -0.39 is 0 Å². The maximum atomic E-state index is 12.6. The van der Waals surface area contributed by atoms with E-state index in [4.69, 9.17) is 11.6 Å². The monoisotopic (exact) mass is 286 g/mol. The van der Waals surface area contributed by atoms with Gasteiger partial charge >= 0.3 is 0 Å². The fourth-order valence-corrected chi connectivity index (χ4v) is 1.94. The van der Waals surface area contributed by atoms with Gasteiger partial charge in [-0.3, -0.25) is 9.78 Å². The van der Waals surface area contributed by atoms with E-state index in [9.17, 15) is 4.79 Å². The average molecular weight is 287 g/mol. The molecule has 1 aromatic heterocycles. The molecule has 0 spiro atoms. The molecule has 0 fully saturated rings. The molecular weight excluding hydrogens is 272 g/mol. The van der Waals surface area contributed by atoms with Crippen LogP contribution in [0.15, 0.2) is 55.0 Å². The molecule has 4 heteroatoms. The number of pyridine rings is 1. The lowest BCUT2D eigenvalue weighted by atomic mass is 9.98. The van der Waals surface area contributed by atoms with E-state index in [1.165, 1.54) is 0 Å². The molecule has 0 N–H and O–H groups in total. The lowest BCUT2D eigenvalue weighted by molar-refractivity contribution is 0.105. The Balaban J connectivity index is 2.42. The minimum absolute atomic E-state index is 0.0402. The second-order valence-electron chi connectivity index (χ2n) is 4.58. The van der Waals surface area contributed by atoms with Crippen LogP contribution < -0.4 is 0 Å². The average Bonchev–Trinajstić information content (AvgIpc) is 2.45. The molecular formula is C16H15ClN2O. The summed E-state index contributed by atoms with van der Waals surface area (Å²) in [6, 6.07) is 10.5. The Morgan fingerprint density at radius 3 is 2.20 bits per heavy atom. The van der Waals surface area contributed by atoms with Gasteiger partial charge in [0.25, 0.3) is 0 Å². The molecule has 0 atom stereocenters. The van der Waals surface area contributed by atoms with Gasteiger partial charge < -0.3 is 4.90 Å². The minimum atomic E-state index is -0.0402.